The van der Waals surface area contributed by atoms with Crippen LogP contribution in [-0.4, -0.2) is 57.7 Å². The largest absolute Gasteiger partial charge is 0.474 e. The molecule has 2 aromatic rings. The molecule has 6 atom stereocenters. The summed E-state index contributed by atoms with van der Waals surface area (Å²) in [6.45, 7) is 3.32. The third kappa shape index (κ3) is 7.29. The second-order valence-corrected chi connectivity index (χ2v) is 13.6. The Morgan fingerprint density at radius 1 is 1.02 bits per heavy atom. The molecule has 3 saturated carbocycles. The molecule has 1 unspecified atom stereocenters. The van der Waals surface area contributed by atoms with Crippen LogP contribution in [0.4, 0.5) is 19.1 Å². The summed E-state index contributed by atoms with van der Waals surface area (Å²) in [4.78, 5) is 13.9. The Morgan fingerprint density at radius 3 is 2.62 bits per heavy atom. The summed E-state index contributed by atoms with van der Waals surface area (Å²) in [5, 5.41) is 13.6. The molecule has 7 nitrogen and oxygen atoms in total. The van der Waals surface area contributed by atoms with Crippen molar-refractivity contribution in [1.82, 2.24) is 15.0 Å². The van der Waals surface area contributed by atoms with Crippen molar-refractivity contribution in [3.63, 3.8) is 0 Å². The van der Waals surface area contributed by atoms with Crippen LogP contribution in [0.5, 0.6) is 5.88 Å². The minimum atomic E-state index is -4.27. The van der Waals surface area contributed by atoms with Crippen molar-refractivity contribution in [3.8, 4) is 5.88 Å². The van der Waals surface area contributed by atoms with E-state index in [0.29, 0.717) is 41.5 Å². The summed E-state index contributed by atoms with van der Waals surface area (Å²) in [6, 6.07) is -0.857. The average molecular weight is 591 g/mol. The molecule has 1 saturated heterocycles. The number of nitrogens with one attached hydrogen (secondary N) is 1. The van der Waals surface area contributed by atoms with Crippen molar-refractivity contribution < 1.29 is 27.8 Å². The van der Waals surface area contributed by atoms with Gasteiger partial charge in [-0.05, 0) is 107 Å². The molecule has 6 rings (SSSR count). The first-order valence-electron chi connectivity index (χ1n) is 16.1. The first-order chi connectivity index (χ1) is 20.2. The van der Waals surface area contributed by atoms with Crippen molar-refractivity contribution in [3.05, 3.63) is 18.0 Å². The van der Waals surface area contributed by atoms with Crippen LogP contribution in [0.1, 0.15) is 102 Å². The number of aliphatic hydroxyl groups excluding tert-OH is 1. The van der Waals surface area contributed by atoms with Crippen molar-refractivity contribution in [2.24, 2.45) is 23.7 Å². The number of ether oxygens (including phenoxy) is 2. The fourth-order valence-corrected chi connectivity index (χ4v) is 8.11. The summed E-state index contributed by atoms with van der Waals surface area (Å²) in [5.41, 5.74) is 1.64. The standard InChI is InChI=1S/C32H45F3N4O3/c1-19(15-32(33,34)35)38-31-37-17-28-29(39-31)27(23-6-8-25(40)9-7-23)16-36-30(28)42-26-13-21-3-5-22(24(12-21)14-26)4-2-20-10-11-41-18-20/h16-17,19-26,40H,2-15,18H2,1H3,(H,37,38,39)/t19-,20-,21-,22?,23?,24+,25?,26+/m0/s1. The zero-order valence-corrected chi connectivity index (χ0v) is 24.6. The molecule has 4 aliphatic rings. The lowest BCUT2D eigenvalue weighted by atomic mass is 9.64. The summed E-state index contributed by atoms with van der Waals surface area (Å²) in [7, 11) is 0. The van der Waals surface area contributed by atoms with Crippen LogP contribution in [0.2, 0.25) is 0 Å². The fourth-order valence-electron chi connectivity index (χ4n) is 8.11. The van der Waals surface area contributed by atoms with Gasteiger partial charge in [-0.2, -0.15) is 13.2 Å². The first kappa shape index (κ1) is 29.9. The molecule has 2 N–H and O–H groups in total. The summed E-state index contributed by atoms with van der Waals surface area (Å²) < 4.78 is 51.2. The maximum atomic E-state index is 13.0. The quantitative estimate of drug-likeness (QED) is 0.320. The van der Waals surface area contributed by atoms with Crippen LogP contribution in [-0.2, 0) is 4.74 Å². The second kappa shape index (κ2) is 12.8. The molecule has 2 aromatic heterocycles. The smallest absolute Gasteiger partial charge is 0.391 e. The number of hydrogen-bond donors (Lipinski definition) is 2. The van der Waals surface area contributed by atoms with Gasteiger partial charge in [-0.1, -0.05) is 6.42 Å². The molecule has 42 heavy (non-hydrogen) atoms. The molecule has 10 heteroatoms. The highest BCUT2D eigenvalue weighted by Gasteiger charge is 2.39. The van der Waals surface area contributed by atoms with Crippen LogP contribution in [0.15, 0.2) is 12.4 Å². The Labute approximate surface area is 246 Å². The summed E-state index contributed by atoms with van der Waals surface area (Å²) in [5.74, 6) is 3.69. The van der Waals surface area contributed by atoms with E-state index in [9.17, 15) is 18.3 Å². The van der Waals surface area contributed by atoms with Gasteiger partial charge in [-0.3, -0.25) is 0 Å². The average Bonchev–Trinajstić information content (AvgIpc) is 3.46. The number of nitrogens with zero attached hydrogens (tertiary/aromatic N) is 3. The van der Waals surface area contributed by atoms with Crippen LogP contribution in [0.3, 0.4) is 0 Å². The van der Waals surface area contributed by atoms with E-state index in [4.69, 9.17) is 19.4 Å². The molecule has 4 fully saturated rings. The topological polar surface area (TPSA) is 89.4 Å². The van der Waals surface area contributed by atoms with Gasteiger partial charge >= 0.3 is 6.18 Å². The number of anilines is 1. The predicted molar refractivity (Wildman–Crippen MR) is 154 cm³/mol. The van der Waals surface area contributed by atoms with Crippen molar-refractivity contribution in [1.29, 1.82) is 0 Å². The van der Waals surface area contributed by atoms with Crippen molar-refractivity contribution >= 4 is 16.9 Å². The molecule has 0 radical (unpaired) electrons. The third-order valence-electron chi connectivity index (χ3n) is 10.3. The van der Waals surface area contributed by atoms with E-state index in [0.717, 1.165) is 56.3 Å². The van der Waals surface area contributed by atoms with Crippen molar-refractivity contribution in [2.45, 2.75) is 121 Å². The van der Waals surface area contributed by atoms with Gasteiger partial charge in [0.05, 0.1) is 23.4 Å². The molecule has 0 spiro atoms. The lowest BCUT2D eigenvalue weighted by Crippen LogP contribution is -2.38. The molecule has 0 amide bonds. The van der Waals surface area contributed by atoms with Crippen LogP contribution in [0, 0.1) is 23.7 Å². The summed E-state index contributed by atoms with van der Waals surface area (Å²) >= 11 is 0. The lowest BCUT2D eigenvalue weighted by Gasteiger charge is -2.43. The molecule has 0 aromatic carbocycles. The fraction of sp³-hybridized carbons (Fsp3) is 0.781. The second-order valence-electron chi connectivity index (χ2n) is 13.6. The van der Waals surface area contributed by atoms with E-state index in [-0.39, 0.29) is 24.1 Å². The van der Waals surface area contributed by atoms with Gasteiger partial charge in [0, 0.05) is 37.2 Å². The number of halogens is 3. The normalized spacial score (nSPS) is 32.5. The van der Waals surface area contributed by atoms with Crippen LogP contribution < -0.4 is 10.1 Å². The molecular weight excluding hydrogens is 545 g/mol. The lowest BCUT2D eigenvalue weighted by molar-refractivity contribution is -0.136. The Balaban J connectivity index is 1.21. The Morgan fingerprint density at radius 2 is 1.86 bits per heavy atom. The Hall–Kier alpha value is -2.20. The van der Waals surface area contributed by atoms with Gasteiger partial charge in [-0.15, -0.1) is 0 Å². The monoisotopic (exact) mass is 590 g/mol. The molecule has 1 aliphatic heterocycles. The van der Waals surface area contributed by atoms with Gasteiger partial charge < -0.3 is 19.9 Å². The number of alkyl halides is 3. The van der Waals surface area contributed by atoms with Crippen molar-refractivity contribution in [2.75, 3.05) is 18.5 Å². The van der Waals surface area contributed by atoms with Gasteiger partial charge in [0.1, 0.15) is 6.10 Å². The minimum Gasteiger partial charge on any atom is -0.474 e. The predicted octanol–water partition coefficient (Wildman–Crippen LogP) is 7.19. The maximum absolute atomic E-state index is 13.0. The number of aliphatic hydroxyl groups is 1. The van der Waals surface area contributed by atoms with Gasteiger partial charge in [0.25, 0.3) is 0 Å². The number of rotatable bonds is 9. The maximum Gasteiger partial charge on any atom is 0.391 e. The van der Waals surface area contributed by atoms with Crippen LogP contribution >= 0.6 is 0 Å². The Bertz CT molecular complexity index is 1200. The minimum absolute atomic E-state index is 0.0855. The number of pyridine rings is 1. The van der Waals surface area contributed by atoms with E-state index in [2.05, 4.69) is 10.3 Å². The molecular formula is C32H45F3N4O3. The third-order valence-corrected chi connectivity index (χ3v) is 10.3. The van der Waals surface area contributed by atoms with Gasteiger partial charge in [0.15, 0.2) is 0 Å². The molecule has 2 bridgehead atoms. The van der Waals surface area contributed by atoms with E-state index in [1.54, 1.807) is 6.20 Å². The van der Waals surface area contributed by atoms with E-state index in [1.807, 2.05) is 6.20 Å². The zero-order chi connectivity index (χ0) is 29.3. The zero-order valence-electron chi connectivity index (χ0n) is 24.6. The van der Waals surface area contributed by atoms with E-state index >= 15 is 0 Å². The number of aromatic nitrogens is 3. The number of fused-ring (bicyclic) bond motifs is 3. The molecule has 232 valence electrons. The SMILES string of the molecule is C[C@@H](CC(F)(F)F)Nc1ncc2c(O[C@@H]3C[C@H]4CCC(CC[C@H]5CCOC5)[C@H](C4)C3)ncc(C3CCC(O)CC3)c2n1. The first-order valence-corrected chi connectivity index (χ1v) is 16.1. The highest BCUT2D eigenvalue weighted by atomic mass is 19.4. The highest BCUT2D eigenvalue weighted by molar-refractivity contribution is 5.86. The van der Waals surface area contributed by atoms with Gasteiger partial charge in [0.2, 0.25) is 11.8 Å². The highest BCUT2D eigenvalue weighted by Crippen LogP contribution is 2.47. The number of hydrogen-bond acceptors (Lipinski definition) is 7. The van der Waals surface area contributed by atoms with E-state index < -0.39 is 18.6 Å². The Kier molecular flexibility index (Phi) is 9.10. The van der Waals surface area contributed by atoms with Crippen LogP contribution in [0.25, 0.3) is 10.9 Å². The summed E-state index contributed by atoms with van der Waals surface area (Å²) in [6.07, 6.45) is 10.8. The van der Waals surface area contributed by atoms with Gasteiger partial charge in [-0.25, -0.2) is 15.0 Å². The molecule has 3 heterocycles. The molecule has 3 aliphatic carbocycles. The van der Waals surface area contributed by atoms with E-state index in [1.165, 1.54) is 45.4 Å².